The largest absolute Gasteiger partial charge is 0.296 e. The van der Waals surface area contributed by atoms with Crippen molar-refractivity contribution in [1.29, 1.82) is 0 Å². The Bertz CT molecular complexity index is 563. The molecule has 4 heteroatoms. The summed E-state index contributed by atoms with van der Waals surface area (Å²) in [7, 11) is 0. The van der Waals surface area contributed by atoms with Gasteiger partial charge in [0.25, 0.3) is 0 Å². The highest BCUT2D eigenvalue weighted by molar-refractivity contribution is 6.03. The van der Waals surface area contributed by atoms with Gasteiger partial charge in [-0.15, -0.1) is 0 Å². The van der Waals surface area contributed by atoms with Crippen LogP contribution in [0.4, 0.5) is 0 Å². The summed E-state index contributed by atoms with van der Waals surface area (Å²) in [5.41, 5.74) is 2.85. The van der Waals surface area contributed by atoms with Crippen LogP contribution in [0.5, 0.6) is 0 Å². The number of rotatable bonds is 4. The second-order valence-electron chi connectivity index (χ2n) is 5.23. The summed E-state index contributed by atoms with van der Waals surface area (Å²) >= 11 is 0. The third-order valence-corrected chi connectivity index (χ3v) is 3.85. The molecule has 4 nitrogen and oxygen atoms in total. The minimum absolute atomic E-state index is 0.0138. The molecule has 1 aliphatic heterocycles. The maximum absolute atomic E-state index is 12.4. The normalized spacial score (nSPS) is 18.8. The zero-order valence-electron chi connectivity index (χ0n) is 11.9. The number of carbonyl (C=O) groups excluding carboxylic acids is 3. The van der Waals surface area contributed by atoms with E-state index in [0.717, 1.165) is 17.5 Å². The number of carbonyl (C=O) groups is 3. The van der Waals surface area contributed by atoms with Crippen LogP contribution in [0.3, 0.4) is 0 Å². The Morgan fingerprint density at radius 2 is 2.10 bits per heavy atom. The second kappa shape index (κ2) is 5.99. The molecule has 1 aromatic carbocycles. The summed E-state index contributed by atoms with van der Waals surface area (Å²) in [5, 5.41) is 2.30. The number of hydrogen-bond donors (Lipinski definition) is 1. The van der Waals surface area contributed by atoms with Gasteiger partial charge in [-0.25, -0.2) is 0 Å². The summed E-state index contributed by atoms with van der Waals surface area (Å²) in [5.74, 6) is -0.964. The molecule has 0 radical (unpaired) electrons. The summed E-state index contributed by atoms with van der Waals surface area (Å²) in [6.45, 7) is 4.01. The number of nitrogens with one attached hydrogen (secondary N) is 1. The van der Waals surface area contributed by atoms with Crippen molar-refractivity contribution in [3.63, 3.8) is 0 Å². The zero-order valence-corrected chi connectivity index (χ0v) is 11.9. The molecule has 0 aliphatic carbocycles. The standard InChI is InChI=1S/C16H19NO3/c1-3-12-10(2)5-4-6-13(12)14(18)9-11-7-8-15(19)17-16(11)20/h4-6,11H,3,7-9H2,1-2H3,(H,17,19,20). The number of ketones is 1. The van der Waals surface area contributed by atoms with Crippen LogP contribution in [0.1, 0.15) is 47.7 Å². The monoisotopic (exact) mass is 273 g/mol. The summed E-state index contributed by atoms with van der Waals surface area (Å²) in [4.78, 5) is 35.2. The molecule has 1 aliphatic rings. The highest BCUT2D eigenvalue weighted by Crippen LogP contribution is 2.22. The van der Waals surface area contributed by atoms with E-state index in [1.54, 1.807) is 0 Å². The molecule has 0 aromatic heterocycles. The Kier molecular flexibility index (Phi) is 4.32. The minimum atomic E-state index is -0.384. The molecule has 2 rings (SSSR count). The lowest BCUT2D eigenvalue weighted by molar-refractivity contribution is -0.136. The lowest BCUT2D eigenvalue weighted by Crippen LogP contribution is -2.41. The Balaban J connectivity index is 2.15. The van der Waals surface area contributed by atoms with Gasteiger partial charge in [0.05, 0.1) is 0 Å². The fourth-order valence-corrected chi connectivity index (χ4v) is 2.70. The molecule has 1 heterocycles. The molecule has 2 amide bonds. The molecule has 20 heavy (non-hydrogen) atoms. The van der Waals surface area contributed by atoms with Crippen LogP contribution in [0, 0.1) is 12.8 Å². The van der Waals surface area contributed by atoms with Gasteiger partial charge in [0.2, 0.25) is 11.8 Å². The van der Waals surface area contributed by atoms with E-state index in [2.05, 4.69) is 5.32 Å². The van der Waals surface area contributed by atoms with E-state index >= 15 is 0 Å². The fourth-order valence-electron chi connectivity index (χ4n) is 2.70. The van der Waals surface area contributed by atoms with E-state index in [4.69, 9.17) is 0 Å². The quantitative estimate of drug-likeness (QED) is 0.675. The second-order valence-corrected chi connectivity index (χ2v) is 5.23. The van der Waals surface area contributed by atoms with Crippen molar-refractivity contribution in [3.8, 4) is 0 Å². The van der Waals surface area contributed by atoms with Gasteiger partial charge in [0.15, 0.2) is 5.78 Å². The lowest BCUT2D eigenvalue weighted by Gasteiger charge is -2.20. The van der Waals surface area contributed by atoms with Crippen molar-refractivity contribution >= 4 is 17.6 Å². The molecule has 1 aromatic rings. The lowest BCUT2D eigenvalue weighted by atomic mass is 9.88. The molecular formula is C16H19NO3. The Morgan fingerprint density at radius 1 is 1.35 bits per heavy atom. The van der Waals surface area contributed by atoms with Crippen molar-refractivity contribution in [2.24, 2.45) is 5.92 Å². The first-order chi connectivity index (χ1) is 9.52. The molecule has 0 spiro atoms. The van der Waals surface area contributed by atoms with E-state index < -0.39 is 0 Å². The number of imide groups is 1. The first-order valence-electron chi connectivity index (χ1n) is 6.98. The van der Waals surface area contributed by atoms with Gasteiger partial charge in [-0.2, -0.15) is 0 Å². The van der Waals surface area contributed by atoms with E-state index in [0.29, 0.717) is 18.4 Å². The van der Waals surface area contributed by atoms with Crippen LogP contribution in [0.25, 0.3) is 0 Å². The molecule has 1 N–H and O–H groups in total. The molecule has 0 saturated carbocycles. The number of benzene rings is 1. The van der Waals surface area contributed by atoms with Crippen molar-refractivity contribution in [2.45, 2.75) is 39.5 Å². The first-order valence-corrected chi connectivity index (χ1v) is 6.98. The smallest absolute Gasteiger partial charge is 0.230 e. The van der Waals surface area contributed by atoms with Crippen LogP contribution in [-0.4, -0.2) is 17.6 Å². The van der Waals surface area contributed by atoms with Gasteiger partial charge < -0.3 is 0 Å². The average Bonchev–Trinajstić information content (AvgIpc) is 2.41. The number of hydrogen-bond acceptors (Lipinski definition) is 3. The molecular weight excluding hydrogens is 254 g/mol. The van der Waals surface area contributed by atoms with Crippen molar-refractivity contribution < 1.29 is 14.4 Å². The van der Waals surface area contributed by atoms with Gasteiger partial charge in [-0.05, 0) is 30.9 Å². The molecule has 106 valence electrons. The zero-order chi connectivity index (χ0) is 14.7. The van der Waals surface area contributed by atoms with Crippen molar-refractivity contribution in [2.75, 3.05) is 0 Å². The summed E-state index contributed by atoms with van der Waals surface area (Å²) in [6, 6.07) is 5.67. The fraction of sp³-hybridized carbons (Fsp3) is 0.438. The van der Waals surface area contributed by atoms with Crippen molar-refractivity contribution in [1.82, 2.24) is 5.32 Å². The minimum Gasteiger partial charge on any atom is -0.296 e. The van der Waals surface area contributed by atoms with Gasteiger partial charge in [0, 0.05) is 24.3 Å². The highest BCUT2D eigenvalue weighted by atomic mass is 16.2. The van der Waals surface area contributed by atoms with Crippen LogP contribution in [0.15, 0.2) is 18.2 Å². The maximum atomic E-state index is 12.4. The predicted octanol–water partition coefficient (Wildman–Crippen LogP) is 2.18. The molecule has 0 bridgehead atoms. The summed E-state index contributed by atoms with van der Waals surface area (Å²) in [6.07, 6.45) is 1.75. The maximum Gasteiger partial charge on any atom is 0.230 e. The van der Waals surface area contributed by atoms with Crippen LogP contribution < -0.4 is 5.32 Å². The van der Waals surface area contributed by atoms with Crippen LogP contribution >= 0.6 is 0 Å². The predicted molar refractivity (Wildman–Crippen MR) is 75.4 cm³/mol. The number of aryl methyl sites for hydroxylation is 1. The van der Waals surface area contributed by atoms with Crippen LogP contribution in [-0.2, 0) is 16.0 Å². The van der Waals surface area contributed by atoms with Gasteiger partial charge in [0.1, 0.15) is 0 Å². The van der Waals surface area contributed by atoms with Gasteiger partial charge in [-0.3, -0.25) is 19.7 Å². The molecule has 1 saturated heterocycles. The Labute approximate surface area is 118 Å². The van der Waals surface area contributed by atoms with E-state index in [1.807, 2.05) is 32.0 Å². The van der Waals surface area contributed by atoms with E-state index in [1.165, 1.54) is 0 Å². The number of amides is 2. The first kappa shape index (κ1) is 14.4. The van der Waals surface area contributed by atoms with Crippen LogP contribution in [0.2, 0.25) is 0 Å². The van der Waals surface area contributed by atoms with Gasteiger partial charge in [-0.1, -0.05) is 25.1 Å². The highest BCUT2D eigenvalue weighted by Gasteiger charge is 2.29. The molecule has 1 fully saturated rings. The Morgan fingerprint density at radius 3 is 2.75 bits per heavy atom. The Hall–Kier alpha value is -1.97. The third-order valence-electron chi connectivity index (χ3n) is 3.85. The topological polar surface area (TPSA) is 63.2 Å². The average molecular weight is 273 g/mol. The van der Waals surface area contributed by atoms with Gasteiger partial charge >= 0.3 is 0 Å². The molecule has 1 atom stereocenters. The van der Waals surface area contributed by atoms with Crippen molar-refractivity contribution in [3.05, 3.63) is 34.9 Å². The number of Topliss-reactive ketones (excluding diaryl/α,β-unsaturated/α-hetero) is 1. The van der Waals surface area contributed by atoms with E-state index in [9.17, 15) is 14.4 Å². The summed E-state index contributed by atoms with van der Waals surface area (Å²) < 4.78 is 0. The third kappa shape index (κ3) is 2.95. The molecule has 1 unspecified atom stereocenters. The SMILES string of the molecule is CCc1c(C)cccc1C(=O)CC1CCC(=O)NC1=O. The number of piperidine rings is 1. The van der Waals surface area contributed by atoms with E-state index in [-0.39, 0.29) is 29.9 Å².